The summed E-state index contributed by atoms with van der Waals surface area (Å²) in [7, 11) is 0. The number of hydrogen-bond donors (Lipinski definition) is 1. The van der Waals surface area contributed by atoms with Gasteiger partial charge in [-0.2, -0.15) is 0 Å². The number of halogens is 2. The normalized spacial score (nSPS) is 9.90. The molecule has 0 fully saturated rings. The molecule has 0 spiro atoms. The second kappa shape index (κ2) is 2.54. The summed E-state index contributed by atoms with van der Waals surface area (Å²) in [5.41, 5.74) is 5.68. The van der Waals surface area contributed by atoms with Gasteiger partial charge in [0.2, 0.25) is 0 Å². The highest BCUT2D eigenvalue weighted by molar-refractivity contribution is 9.10. The van der Waals surface area contributed by atoms with E-state index in [1.165, 1.54) is 6.07 Å². The molecule has 0 atom stereocenters. The standard InChI is InChI=1S/C6H6BrFN2/c1-3-5(8)2-4(7)6(9)10-3/h2H,1H3,(H2,9,10). The second-order valence-electron chi connectivity index (χ2n) is 1.92. The van der Waals surface area contributed by atoms with Gasteiger partial charge in [0.05, 0.1) is 10.2 Å². The molecular weight excluding hydrogens is 199 g/mol. The molecule has 0 unspecified atom stereocenters. The lowest BCUT2D eigenvalue weighted by atomic mass is 10.3. The van der Waals surface area contributed by atoms with Crippen molar-refractivity contribution in [3.8, 4) is 0 Å². The van der Waals surface area contributed by atoms with Crippen LogP contribution in [0.15, 0.2) is 10.5 Å². The quantitative estimate of drug-likeness (QED) is 0.702. The van der Waals surface area contributed by atoms with Crippen molar-refractivity contribution in [3.05, 3.63) is 22.1 Å². The number of aryl methyl sites for hydroxylation is 1. The Morgan fingerprint density at radius 3 is 2.80 bits per heavy atom. The van der Waals surface area contributed by atoms with Crippen molar-refractivity contribution in [2.24, 2.45) is 0 Å². The van der Waals surface area contributed by atoms with E-state index < -0.39 is 0 Å². The first-order valence-corrected chi connectivity index (χ1v) is 3.48. The first kappa shape index (κ1) is 7.47. The Morgan fingerprint density at radius 1 is 1.70 bits per heavy atom. The van der Waals surface area contributed by atoms with Crippen molar-refractivity contribution in [2.75, 3.05) is 5.73 Å². The molecule has 1 aromatic heterocycles. The average Bonchev–Trinajstić information content (AvgIpc) is 1.84. The second-order valence-corrected chi connectivity index (χ2v) is 2.78. The topological polar surface area (TPSA) is 38.9 Å². The number of nitrogens with two attached hydrogens (primary N) is 1. The fraction of sp³-hybridized carbons (Fsp3) is 0.167. The van der Waals surface area contributed by atoms with Crippen LogP contribution in [0.25, 0.3) is 0 Å². The van der Waals surface area contributed by atoms with Crippen LogP contribution in [0.5, 0.6) is 0 Å². The molecule has 4 heteroatoms. The Balaban J connectivity index is 3.28. The third-order valence-electron chi connectivity index (χ3n) is 1.13. The molecule has 1 aromatic rings. The molecule has 0 aromatic carbocycles. The van der Waals surface area contributed by atoms with Crippen LogP contribution in [0.4, 0.5) is 10.2 Å². The number of rotatable bonds is 0. The summed E-state index contributed by atoms with van der Waals surface area (Å²) in [6.45, 7) is 1.57. The summed E-state index contributed by atoms with van der Waals surface area (Å²) in [5.74, 6) is -0.0278. The molecule has 0 bridgehead atoms. The van der Waals surface area contributed by atoms with Gasteiger partial charge in [0.25, 0.3) is 0 Å². The van der Waals surface area contributed by atoms with Crippen LogP contribution < -0.4 is 5.73 Å². The third kappa shape index (κ3) is 1.26. The summed E-state index contributed by atoms with van der Waals surface area (Å²) >= 11 is 3.05. The van der Waals surface area contributed by atoms with E-state index in [2.05, 4.69) is 20.9 Å². The SMILES string of the molecule is Cc1nc(N)c(Br)cc1F. The van der Waals surface area contributed by atoms with Gasteiger partial charge < -0.3 is 5.73 Å². The predicted octanol–water partition coefficient (Wildman–Crippen LogP) is 1.87. The number of nitrogens with zero attached hydrogens (tertiary/aromatic N) is 1. The Hall–Kier alpha value is -0.640. The minimum atomic E-state index is -0.346. The highest BCUT2D eigenvalue weighted by atomic mass is 79.9. The van der Waals surface area contributed by atoms with Gasteiger partial charge in [-0.25, -0.2) is 9.37 Å². The zero-order valence-corrected chi connectivity index (χ0v) is 6.94. The van der Waals surface area contributed by atoms with E-state index in [1.54, 1.807) is 6.92 Å². The fourth-order valence-corrected chi connectivity index (χ4v) is 0.867. The maximum Gasteiger partial charge on any atom is 0.145 e. The number of aromatic nitrogens is 1. The summed E-state index contributed by atoms with van der Waals surface area (Å²) in [4.78, 5) is 3.73. The van der Waals surface area contributed by atoms with Gasteiger partial charge in [-0.15, -0.1) is 0 Å². The Morgan fingerprint density at radius 2 is 2.30 bits per heavy atom. The van der Waals surface area contributed by atoms with Crippen molar-refractivity contribution < 1.29 is 4.39 Å². The van der Waals surface area contributed by atoms with Crippen LogP contribution >= 0.6 is 15.9 Å². The van der Waals surface area contributed by atoms with E-state index in [1.807, 2.05) is 0 Å². The average molecular weight is 205 g/mol. The van der Waals surface area contributed by atoms with E-state index in [9.17, 15) is 4.39 Å². The van der Waals surface area contributed by atoms with Crippen molar-refractivity contribution in [2.45, 2.75) is 6.92 Å². The lowest BCUT2D eigenvalue weighted by Gasteiger charge is -1.98. The van der Waals surface area contributed by atoms with Crippen molar-refractivity contribution in [1.29, 1.82) is 0 Å². The van der Waals surface area contributed by atoms with Crippen molar-refractivity contribution in [3.63, 3.8) is 0 Å². The Labute approximate surface area is 66.4 Å². The zero-order chi connectivity index (χ0) is 7.72. The van der Waals surface area contributed by atoms with E-state index in [4.69, 9.17) is 5.73 Å². The maximum absolute atomic E-state index is 12.6. The molecule has 0 aliphatic heterocycles. The molecule has 0 aliphatic carbocycles. The minimum absolute atomic E-state index is 0.318. The van der Waals surface area contributed by atoms with Gasteiger partial charge in [0.1, 0.15) is 11.6 Å². The molecule has 10 heavy (non-hydrogen) atoms. The van der Waals surface area contributed by atoms with Crippen LogP contribution in [-0.4, -0.2) is 4.98 Å². The number of nitrogen functional groups attached to an aromatic ring is 1. The van der Waals surface area contributed by atoms with E-state index in [0.29, 0.717) is 16.0 Å². The Kier molecular flexibility index (Phi) is 1.89. The van der Waals surface area contributed by atoms with Gasteiger partial charge in [-0.3, -0.25) is 0 Å². The first-order chi connectivity index (χ1) is 4.61. The van der Waals surface area contributed by atoms with Crippen LogP contribution in [0.1, 0.15) is 5.69 Å². The monoisotopic (exact) mass is 204 g/mol. The molecule has 1 heterocycles. The molecule has 0 aliphatic rings. The zero-order valence-electron chi connectivity index (χ0n) is 5.36. The van der Waals surface area contributed by atoms with Crippen molar-refractivity contribution >= 4 is 21.7 Å². The predicted molar refractivity (Wildman–Crippen MR) is 41.0 cm³/mol. The molecule has 1 rings (SSSR count). The summed E-state index contributed by atoms with van der Waals surface area (Å²) < 4.78 is 13.1. The molecule has 2 nitrogen and oxygen atoms in total. The molecule has 0 saturated heterocycles. The maximum atomic E-state index is 12.6. The number of hydrogen-bond acceptors (Lipinski definition) is 2. The molecule has 2 N–H and O–H groups in total. The van der Waals surface area contributed by atoms with E-state index in [-0.39, 0.29) is 5.82 Å². The number of pyridine rings is 1. The van der Waals surface area contributed by atoms with Gasteiger partial charge in [0.15, 0.2) is 0 Å². The fourth-order valence-electron chi connectivity index (χ4n) is 0.577. The summed E-state index contributed by atoms with van der Waals surface area (Å²) in [6.07, 6.45) is 0. The lowest BCUT2D eigenvalue weighted by molar-refractivity contribution is 0.609. The van der Waals surface area contributed by atoms with Crippen LogP contribution in [-0.2, 0) is 0 Å². The van der Waals surface area contributed by atoms with Crippen LogP contribution in [0.2, 0.25) is 0 Å². The highest BCUT2D eigenvalue weighted by Crippen LogP contribution is 2.18. The van der Waals surface area contributed by atoms with Crippen LogP contribution in [0, 0.1) is 12.7 Å². The minimum Gasteiger partial charge on any atom is -0.383 e. The number of anilines is 1. The lowest BCUT2D eigenvalue weighted by Crippen LogP contribution is -1.96. The van der Waals surface area contributed by atoms with Crippen molar-refractivity contribution in [1.82, 2.24) is 4.98 Å². The first-order valence-electron chi connectivity index (χ1n) is 2.69. The van der Waals surface area contributed by atoms with E-state index in [0.717, 1.165) is 0 Å². The molecule has 0 radical (unpaired) electrons. The largest absolute Gasteiger partial charge is 0.383 e. The summed E-state index contributed by atoms with van der Waals surface area (Å²) in [6, 6.07) is 1.30. The van der Waals surface area contributed by atoms with Crippen LogP contribution in [0.3, 0.4) is 0 Å². The molecule has 0 saturated carbocycles. The Bertz CT molecular complexity index is 212. The molecule has 54 valence electrons. The summed E-state index contributed by atoms with van der Waals surface area (Å²) in [5, 5.41) is 0. The molecular formula is C6H6BrFN2. The smallest absolute Gasteiger partial charge is 0.145 e. The van der Waals surface area contributed by atoms with Gasteiger partial charge in [-0.05, 0) is 28.9 Å². The van der Waals surface area contributed by atoms with Gasteiger partial charge in [-0.1, -0.05) is 0 Å². The highest BCUT2D eigenvalue weighted by Gasteiger charge is 2.02. The van der Waals surface area contributed by atoms with E-state index >= 15 is 0 Å². The van der Waals surface area contributed by atoms with Gasteiger partial charge in [0, 0.05) is 0 Å². The van der Waals surface area contributed by atoms with Gasteiger partial charge >= 0.3 is 0 Å². The third-order valence-corrected chi connectivity index (χ3v) is 1.77. The molecule has 0 amide bonds.